The number of nitrogens with zero attached hydrogens (tertiary/aromatic N) is 5. The predicted octanol–water partition coefficient (Wildman–Crippen LogP) is 15.8. The SMILES string of the molecule is c1ccc2cc(-c3ccc4c(ccc5cc(N(c6ccc(-c7cnc8c(ccc9ccncc98)c7)cc6)c6ccc(-c7cnc8c(ccc9ccncc98)c7)cc6)ccc54)c3)ccc2c1. The van der Waals surface area contributed by atoms with Crippen LogP contribution in [0.1, 0.15) is 0 Å². The average molecular weight is 828 g/mol. The Morgan fingerprint density at radius 1 is 0.262 bits per heavy atom. The van der Waals surface area contributed by atoms with Gasteiger partial charge in [-0.15, -0.1) is 0 Å². The zero-order chi connectivity index (χ0) is 42.8. The highest BCUT2D eigenvalue weighted by molar-refractivity contribution is 6.10. The lowest BCUT2D eigenvalue weighted by atomic mass is 9.96. The Morgan fingerprint density at radius 3 is 1.29 bits per heavy atom. The minimum Gasteiger partial charge on any atom is -0.310 e. The summed E-state index contributed by atoms with van der Waals surface area (Å²) in [4.78, 5) is 20.9. The molecular formula is C60H37N5. The zero-order valence-corrected chi connectivity index (χ0v) is 35.1. The summed E-state index contributed by atoms with van der Waals surface area (Å²) in [6, 6.07) is 68.2. The van der Waals surface area contributed by atoms with Crippen LogP contribution >= 0.6 is 0 Å². The molecule has 0 saturated carbocycles. The molecule has 0 radical (unpaired) electrons. The van der Waals surface area contributed by atoms with E-state index in [9.17, 15) is 0 Å². The summed E-state index contributed by atoms with van der Waals surface area (Å²) >= 11 is 0. The van der Waals surface area contributed by atoms with Crippen LogP contribution in [0.4, 0.5) is 17.1 Å². The molecule has 13 aromatic rings. The molecule has 65 heavy (non-hydrogen) atoms. The van der Waals surface area contributed by atoms with Gasteiger partial charge in [-0.1, -0.05) is 115 Å². The van der Waals surface area contributed by atoms with Gasteiger partial charge in [0.25, 0.3) is 0 Å². The third kappa shape index (κ3) is 6.40. The summed E-state index contributed by atoms with van der Waals surface area (Å²) in [5.74, 6) is 0. The van der Waals surface area contributed by atoms with Gasteiger partial charge in [0.15, 0.2) is 0 Å². The first-order chi connectivity index (χ1) is 32.2. The molecule has 0 aliphatic rings. The van der Waals surface area contributed by atoms with Crippen LogP contribution in [0.25, 0.3) is 109 Å². The fourth-order valence-corrected chi connectivity index (χ4v) is 9.64. The van der Waals surface area contributed by atoms with Crippen LogP contribution < -0.4 is 4.90 Å². The molecule has 13 rings (SSSR count). The van der Waals surface area contributed by atoms with E-state index in [0.29, 0.717) is 0 Å². The molecule has 0 atom stereocenters. The van der Waals surface area contributed by atoms with Gasteiger partial charge in [-0.3, -0.25) is 19.9 Å². The number of benzene rings is 9. The van der Waals surface area contributed by atoms with Crippen LogP contribution in [0.2, 0.25) is 0 Å². The third-order valence-electron chi connectivity index (χ3n) is 13.0. The molecule has 0 amide bonds. The van der Waals surface area contributed by atoms with E-state index in [-0.39, 0.29) is 0 Å². The lowest BCUT2D eigenvalue weighted by molar-refractivity contribution is 1.29. The van der Waals surface area contributed by atoms with E-state index in [4.69, 9.17) is 9.97 Å². The van der Waals surface area contributed by atoms with Crippen molar-refractivity contribution in [3.05, 3.63) is 225 Å². The summed E-state index contributed by atoms with van der Waals surface area (Å²) in [5, 5.41) is 13.9. The Balaban J connectivity index is 0.882. The summed E-state index contributed by atoms with van der Waals surface area (Å²) in [6.07, 6.45) is 11.4. The van der Waals surface area contributed by atoms with Gasteiger partial charge in [0, 0.05) is 86.9 Å². The number of hydrogen-bond acceptors (Lipinski definition) is 5. The molecule has 0 aliphatic heterocycles. The van der Waals surface area contributed by atoms with Gasteiger partial charge in [0.05, 0.1) is 11.0 Å². The van der Waals surface area contributed by atoms with Gasteiger partial charge in [-0.25, -0.2) is 0 Å². The van der Waals surface area contributed by atoms with Crippen molar-refractivity contribution in [3.63, 3.8) is 0 Å². The fourth-order valence-electron chi connectivity index (χ4n) is 9.64. The van der Waals surface area contributed by atoms with Gasteiger partial charge in [-0.05, 0) is 138 Å². The van der Waals surface area contributed by atoms with Crippen molar-refractivity contribution >= 4 is 92.7 Å². The van der Waals surface area contributed by atoms with Crippen LogP contribution in [0.5, 0.6) is 0 Å². The van der Waals surface area contributed by atoms with Crippen LogP contribution in [-0.4, -0.2) is 19.9 Å². The second kappa shape index (κ2) is 14.9. The smallest absolute Gasteiger partial charge is 0.0796 e. The van der Waals surface area contributed by atoms with Crippen LogP contribution in [0, 0.1) is 0 Å². The first-order valence-corrected chi connectivity index (χ1v) is 21.9. The lowest BCUT2D eigenvalue weighted by Crippen LogP contribution is -2.09. The largest absolute Gasteiger partial charge is 0.310 e. The Kier molecular flexibility index (Phi) is 8.46. The van der Waals surface area contributed by atoms with Crippen molar-refractivity contribution < 1.29 is 0 Å². The van der Waals surface area contributed by atoms with Crippen molar-refractivity contribution in [3.8, 4) is 33.4 Å². The number of fused-ring (bicyclic) bond motifs is 10. The number of anilines is 3. The number of aromatic nitrogens is 4. The molecule has 302 valence electrons. The predicted molar refractivity (Wildman–Crippen MR) is 271 cm³/mol. The molecule has 0 unspecified atom stereocenters. The zero-order valence-electron chi connectivity index (χ0n) is 35.1. The Bertz CT molecular complexity index is 3850. The van der Waals surface area contributed by atoms with Crippen molar-refractivity contribution in [2.24, 2.45) is 0 Å². The third-order valence-corrected chi connectivity index (χ3v) is 13.0. The van der Waals surface area contributed by atoms with Gasteiger partial charge >= 0.3 is 0 Å². The van der Waals surface area contributed by atoms with E-state index in [1.165, 1.54) is 43.4 Å². The minimum atomic E-state index is 0.963. The second-order valence-corrected chi connectivity index (χ2v) is 16.8. The molecule has 4 heterocycles. The van der Waals surface area contributed by atoms with Gasteiger partial charge in [0.1, 0.15) is 0 Å². The molecule has 0 aliphatic carbocycles. The van der Waals surface area contributed by atoms with E-state index >= 15 is 0 Å². The van der Waals surface area contributed by atoms with Gasteiger partial charge in [-0.2, -0.15) is 0 Å². The molecule has 0 spiro atoms. The van der Waals surface area contributed by atoms with Crippen LogP contribution in [0.15, 0.2) is 225 Å². The summed E-state index contributed by atoms with van der Waals surface area (Å²) in [7, 11) is 0. The summed E-state index contributed by atoms with van der Waals surface area (Å²) in [6.45, 7) is 0. The van der Waals surface area contributed by atoms with Gasteiger partial charge < -0.3 is 4.90 Å². The molecule has 5 nitrogen and oxygen atoms in total. The first-order valence-electron chi connectivity index (χ1n) is 21.9. The van der Waals surface area contributed by atoms with Crippen molar-refractivity contribution in [1.82, 2.24) is 19.9 Å². The highest BCUT2D eigenvalue weighted by Crippen LogP contribution is 2.40. The molecule has 0 bridgehead atoms. The monoisotopic (exact) mass is 827 g/mol. The molecule has 4 aromatic heterocycles. The minimum absolute atomic E-state index is 0.963. The second-order valence-electron chi connectivity index (χ2n) is 16.8. The van der Waals surface area contributed by atoms with Crippen molar-refractivity contribution in [1.29, 1.82) is 0 Å². The maximum atomic E-state index is 4.93. The fraction of sp³-hybridized carbons (Fsp3) is 0. The van der Waals surface area contributed by atoms with E-state index in [1.54, 1.807) is 0 Å². The maximum absolute atomic E-state index is 4.93. The summed E-state index contributed by atoms with van der Waals surface area (Å²) in [5.41, 5.74) is 11.9. The lowest BCUT2D eigenvalue weighted by Gasteiger charge is -2.26. The van der Waals surface area contributed by atoms with Crippen molar-refractivity contribution in [2.45, 2.75) is 0 Å². The first kappa shape index (κ1) is 36.8. The van der Waals surface area contributed by atoms with Crippen LogP contribution in [0.3, 0.4) is 0 Å². The molecule has 0 saturated heterocycles. The molecule has 0 N–H and O–H groups in total. The maximum Gasteiger partial charge on any atom is 0.0796 e. The number of pyridine rings is 4. The summed E-state index contributed by atoms with van der Waals surface area (Å²) < 4.78 is 0. The molecule has 5 heteroatoms. The highest BCUT2D eigenvalue weighted by Gasteiger charge is 2.16. The number of hydrogen-bond donors (Lipinski definition) is 0. The average Bonchev–Trinajstić information content (AvgIpc) is 3.38. The topological polar surface area (TPSA) is 54.8 Å². The van der Waals surface area contributed by atoms with E-state index in [1.807, 2.05) is 49.3 Å². The normalized spacial score (nSPS) is 11.7. The van der Waals surface area contributed by atoms with Crippen molar-refractivity contribution in [2.75, 3.05) is 4.90 Å². The Hall–Kier alpha value is -8.80. The van der Waals surface area contributed by atoms with E-state index in [2.05, 4.69) is 191 Å². The Morgan fingerprint density at radius 2 is 0.692 bits per heavy atom. The Labute approximate surface area is 374 Å². The quantitative estimate of drug-likeness (QED) is 0.156. The molecule has 0 fully saturated rings. The van der Waals surface area contributed by atoms with Gasteiger partial charge in [0.2, 0.25) is 0 Å². The van der Waals surface area contributed by atoms with E-state index in [0.717, 1.165) is 82.7 Å². The highest BCUT2D eigenvalue weighted by atomic mass is 15.1. The van der Waals surface area contributed by atoms with E-state index < -0.39 is 0 Å². The molecular weight excluding hydrogens is 791 g/mol. The number of rotatable bonds is 6. The molecule has 9 aromatic carbocycles. The standard InChI is InChI=1S/C60H37N5/c1-2-4-43-29-44(8-5-38(43)3-1)45-17-23-55-46(30-45)9-10-47-33-54(22-24-56(47)55)65(52-18-13-39(14-19-52)50-31-48-11-6-41-25-27-61-36-57(41)59(48)63-34-50)53-20-15-40(16-21-53)51-32-49-12-7-42-26-28-62-37-58(42)60(49)64-35-51/h1-37H. The van der Waals surface area contributed by atoms with Crippen LogP contribution in [-0.2, 0) is 0 Å².